The van der Waals surface area contributed by atoms with Gasteiger partial charge in [0.1, 0.15) is 16.8 Å². The van der Waals surface area contributed by atoms with Crippen molar-refractivity contribution in [3.05, 3.63) is 51.4 Å². The summed E-state index contributed by atoms with van der Waals surface area (Å²) in [7, 11) is 1.64. The topological polar surface area (TPSA) is 92.3 Å². The number of hydrogen-bond donors (Lipinski definition) is 2. The zero-order valence-corrected chi connectivity index (χ0v) is 15.0. The average Bonchev–Trinajstić information content (AvgIpc) is 2.50. The number of aromatic nitrogens is 3. The number of nitrogens with zero attached hydrogens (tertiary/aromatic N) is 3. The van der Waals surface area contributed by atoms with Gasteiger partial charge in [-0.05, 0) is 45.4 Å². The summed E-state index contributed by atoms with van der Waals surface area (Å²) in [6.07, 6.45) is 1.65. The molecule has 1 amide bonds. The second-order valence-corrected chi connectivity index (χ2v) is 7.21. The lowest BCUT2D eigenvalue weighted by atomic mass is 10.1. The van der Waals surface area contributed by atoms with Crippen LogP contribution in [0.15, 0.2) is 29.2 Å². The first-order chi connectivity index (χ1) is 11.6. The summed E-state index contributed by atoms with van der Waals surface area (Å²) in [6.45, 7) is 7.47. The maximum atomic E-state index is 12.9. The lowest BCUT2D eigenvalue weighted by Gasteiger charge is -2.21. The van der Waals surface area contributed by atoms with Crippen LogP contribution in [-0.4, -0.2) is 25.4 Å². The molecule has 3 aromatic rings. The summed E-state index contributed by atoms with van der Waals surface area (Å²) >= 11 is 0. The number of carbonyl (C=O) groups excluding carboxylic acids is 1. The number of carbonyl (C=O) groups is 1. The van der Waals surface area contributed by atoms with Gasteiger partial charge in [-0.15, -0.1) is 0 Å². The summed E-state index contributed by atoms with van der Waals surface area (Å²) < 4.78 is 2.94. The molecule has 7 nitrogen and oxygen atoms in total. The summed E-state index contributed by atoms with van der Waals surface area (Å²) in [6, 6.07) is 5.12. The molecule has 7 heteroatoms. The summed E-state index contributed by atoms with van der Waals surface area (Å²) in [5, 5.41) is 11.4. The first-order valence-corrected chi connectivity index (χ1v) is 7.99. The molecule has 0 saturated heterocycles. The van der Waals surface area contributed by atoms with Crippen molar-refractivity contribution >= 4 is 22.6 Å². The molecule has 25 heavy (non-hydrogen) atoms. The molecule has 0 bridgehead atoms. The lowest BCUT2D eigenvalue weighted by Crippen LogP contribution is -2.43. The van der Waals surface area contributed by atoms with Crippen LogP contribution >= 0.6 is 0 Å². The van der Waals surface area contributed by atoms with Gasteiger partial charge in [-0.3, -0.25) is 19.4 Å². The van der Waals surface area contributed by atoms with Crippen molar-refractivity contribution < 1.29 is 4.79 Å². The molecule has 0 aliphatic carbocycles. The highest BCUT2D eigenvalue weighted by Gasteiger charge is 2.20. The van der Waals surface area contributed by atoms with Gasteiger partial charge in [0.25, 0.3) is 11.5 Å². The number of nitrogens with one attached hydrogen (secondary N) is 2. The van der Waals surface area contributed by atoms with Gasteiger partial charge >= 0.3 is 0 Å². The Morgan fingerprint density at radius 3 is 2.60 bits per heavy atom. The van der Waals surface area contributed by atoms with E-state index in [1.807, 2.05) is 33.8 Å². The van der Waals surface area contributed by atoms with E-state index in [1.54, 1.807) is 19.3 Å². The van der Waals surface area contributed by atoms with Crippen molar-refractivity contribution in [2.24, 2.45) is 7.05 Å². The zero-order valence-electron chi connectivity index (χ0n) is 15.0. The summed E-state index contributed by atoms with van der Waals surface area (Å²) in [5.74, 6) is -0.385. The van der Waals surface area contributed by atoms with Gasteiger partial charge in [0.05, 0.1) is 10.9 Å². The summed E-state index contributed by atoms with van der Waals surface area (Å²) in [5.41, 5.74) is 1.26. The molecule has 0 atom stereocenters. The van der Waals surface area contributed by atoms with E-state index in [0.717, 1.165) is 5.56 Å². The predicted octanol–water partition coefficient (Wildman–Crippen LogP) is 1.50. The van der Waals surface area contributed by atoms with Crippen molar-refractivity contribution in [3.63, 3.8) is 0 Å². The van der Waals surface area contributed by atoms with Crippen molar-refractivity contribution in [2.75, 3.05) is 0 Å². The maximum Gasteiger partial charge on any atom is 0.267 e. The van der Waals surface area contributed by atoms with E-state index in [-0.39, 0.29) is 22.5 Å². The van der Waals surface area contributed by atoms with E-state index < -0.39 is 5.54 Å². The molecule has 3 aromatic heterocycles. The average molecular weight is 339 g/mol. The third-order valence-corrected chi connectivity index (χ3v) is 3.99. The van der Waals surface area contributed by atoms with Crippen molar-refractivity contribution in [2.45, 2.75) is 33.2 Å². The Balaban J connectivity index is 2.38. The molecule has 0 aliphatic heterocycles. The van der Waals surface area contributed by atoms with E-state index >= 15 is 0 Å². The third kappa shape index (κ3) is 2.82. The predicted molar refractivity (Wildman–Crippen MR) is 95.7 cm³/mol. The minimum Gasteiger partial charge on any atom is -0.347 e. The van der Waals surface area contributed by atoms with Crippen LogP contribution in [0.2, 0.25) is 0 Å². The van der Waals surface area contributed by atoms with E-state index in [0.29, 0.717) is 16.7 Å². The fraction of sp³-hybridized carbons (Fsp3) is 0.333. The molecule has 0 spiro atoms. The Bertz CT molecular complexity index is 1130. The van der Waals surface area contributed by atoms with Crippen molar-refractivity contribution in [3.8, 4) is 0 Å². The summed E-state index contributed by atoms with van der Waals surface area (Å²) in [4.78, 5) is 30.0. The second-order valence-electron chi connectivity index (χ2n) is 7.21. The van der Waals surface area contributed by atoms with Gasteiger partial charge in [0.15, 0.2) is 0 Å². The first kappa shape index (κ1) is 16.9. The monoisotopic (exact) mass is 339 g/mol. The molecular weight excluding hydrogens is 318 g/mol. The van der Waals surface area contributed by atoms with Gasteiger partial charge < -0.3 is 9.88 Å². The van der Waals surface area contributed by atoms with Crippen LogP contribution in [0.1, 0.15) is 36.7 Å². The Hall–Kier alpha value is -2.96. The molecule has 130 valence electrons. The van der Waals surface area contributed by atoms with Gasteiger partial charge in [-0.2, -0.15) is 0 Å². The highest BCUT2D eigenvalue weighted by atomic mass is 16.2. The normalized spacial score (nSPS) is 11.9. The van der Waals surface area contributed by atoms with Crippen LogP contribution in [0.3, 0.4) is 0 Å². The molecule has 0 fully saturated rings. The van der Waals surface area contributed by atoms with Crippen LogP contribution in [0.4, 0.5) is 0 Å². The van der Waals surface area contributed by atoms with E-state index in [9.17, 15) is 9.59 Å². The molecule has 0 aliphatic rings. The number of rotatable bonds is 1. The van der Waals surface area contributed by atoms with Crippen LogP contribution in [0.5, 0.6) is 0 Å². The minimum atomic E-state index is -0.440. The molecular formula is C18H21N5O2. The van der Waals surface area contributed by atoms with Gasteiger partial charge in [-0.25, -0.2) is 4.98 Å². The minimum absolute atomic E-state index is 0.0130. The van der Waals surface area contributed by atoms with E-state index in [4.69, 9.17) is 5.41 Å². The van der Waals surface area contributed by atoms with Gasteiger partial charge in [-0.1, -0.05) is 6.07 Å². The van der Waals surface area contributed by atoms with Crippen LogP contribution in [0, 0.1) is 12.3 Å². The van der Waals surface area contributed by atoms with E-state index in [2.05, 4.69) is 10.3 Å². The quantitative estimate of drug-likeness (QED) is 0.658. The molecule has 0 radical (unpaired) electrons. The first-order valence-electron chi connectivity index (χ1n) is 7.99. The zero-order chi connectivity index (χ0) is 18.5. The number of hydrogen-bond acceptors (Lipinski definition) is 4. The fourth-order valence-corrected chi connectivity index (χ4v) is 2.76. The standard InChI is InChI=1S/C18H21N5O2/c1-10-7-6-8-23-14(10)20-15-12(17(23)25)9-11(13(19)22(15)5)16(24)21-18(2,3)4/h6-9,19H,1-5H3,(H,21,24). The molecule has 0 aromatic carbocycles. The van der Waals surface area contributed by atoms with E-state index in [1.165, 1.54) is 15.0 Å². The molecule has 2 N–H and O–H groups in total. The Morgan fingerprint density at radius 2 is 1.96 bits per heavy atom. The number of pyridine rings is 2. The van der Waals surface area contributed by atoms with Gasteiger partial charge in [0, 0.05) is 18.8 Å². The van der Waals surface area contributed by atoms with Crippen LogP contribution < -0.4 is 16.4 Å². The number of amides is 1. The molecule has 0 unspecified atom stereocenters. The highest BCUT2D eigenvalue weighted by molar-refractivity contribution is 5.97. The van der Waals surface area contributed by atoms with Crippen molar-refractivity contribution in [1.82, 2.24) is 19.3 Å². The fourth-order valence-electron chi connectivity index (χ4n) is 2.76. The molecule has 3 heterocycles. The third-order valence-electron chi connectivity index (χ3n) is 3.99. The number of aryl methyl sites for hydroxylation is 2. The molecule has 0 saturated carbocycles. The second kappa shape index (κ2) is 5.54. The highest BCUT2D eigenvalue weighted by Crippen LogP contribution is 2.12. The Morgan fingerprint density at radius 1 is 1.28 bits per heavy atom. The maximum absolute atomic E-state index is 12.9. The lowest BCUT2D eigenvalue weighted by molar-refractivity contribution is 0.0917. The largest absolute Gasteiger partial charge is 0.347 e. The van der Waals surface area contributed by atoms with Crippen LogP contribution in [0.25, 0.3) is 16.7 Å². The Labute approximate surface area is 144 Å². The number of fused-ring (bicyclic) bond motifs is 2. The van der Waals surface area contributed by atoms with Gasteiger partial charge in [0.2, 0.25) is 0 Å². The SMILES string of the molecule is Cc1cccn2c(=O)c3cc(C(=O)NC(C)(C)C)c(=N)n(C)c3nc12. The smallest absolute Gasteiger partial charge is 0.267 e. The van der Waals surface area contributed by atoms with Crippen LogP contribution in [-0.2, 0) is 7.05 Å². The Kier molecular flexibility index (Phi) is 3.74. The molecule has 3 rings (SSSR count). The van der Waals surface area contributed by atoms with Crippen molar-refractivity contribution in [1.29, 1.82) is 5.41 Å².